The standard InChI is InChI=1S/C17H19ClFNO2S/c1-9-10(2)12(4)17(13(5)11(9)3)23(21,22)20-14-6-7-16(19)15(18)8-14/h6-8,20H,1-5H3. The fraction of sp³-hybridized carbons (Fsp3) is 0.294. The van der Waals surface area contributed by atoms with Gasteiger partial charge >= 0.3 is 0 Å². The SMILES string of the molecule is Cc1c(C)c(C)c(S(=O)(=O)Nc2ccc(F)c(Cl)c2)c(C)c1C. The van der Waals surface area contributed by atoms with E-state index in [0.717, 1.165) is 22.8 Å². The highest BCUT2D eigenvalue weighted by atomic mass is 35.5. The van der Waals surface area contributed by atoms with Crippen LogP contribution in [0.3, 0.4) is 0 Å². The van der Waals surface area contributed by atoms with Gasteiger partial charge in [0.2, 0.25) is 0 Å². The molecular weight excluding hydrogens is 337 g/mol. The molecule has 0 saturated heterocycles. The molecule has 0 aromatic heterocycles. The number of nitrogens with one attached hydrogen (secondary N) is 1. The Balaban J connectivity index is 2.58. The van der Waals surface area contributed by atoms with Crippen molar-refractivity contribution < 1.29 is 12.8 Å². The van der Waals surface area contributed by atoms with Crippen molar-refractivity contribution in [2.24, 2.45) is 0 Å². The summed E-state index contributed by atoms with van der Waals surface area (Å²) >= 11 is 5.71. The predicted octanol–water partition coefficient (Wildman–Crippen LogP) is 4.82. The normalized spacial score (nSPS) is 11.6. The van der Waals surface area contributed by atoms with Gasteiger partial charge in [0.1, 0.15) is 5.82 Å². The van der Waals surface area contributed by atoms with Gasteiger partial charge in [0, 0.05) is 0 Å². The molecular formula is C17H19ClFNO2S. The molecule has 0 aliphatic rings. The molecule has 0 radical (unpaired) electrons. The summed E-state index contributed by atoms with van der Waals surface area (Å²) in [4.78, 5) is 0.263. The largest absolute Gasteiger partial charge is 0.280 e. The van der Waals surface area contributed by atoms with Crippen molar-refractivity contribution in [3.8, 4) is 0 Å². The van der Waals surface area contributed by atoms with Crippen molar-refractivity contribution in [2.45, 2.75) is 39.5 Å². The summed E-state index contributed by atoms with van der Waals surface area (Å²) in [6.07, 6.45) is 0. The summed E-state index contributed by atoms with van der Waals surface area (Å²) in [5.41, 5.74) is 4.64. The molecule has 0 amide bonds. The molecule has 0 aliphatic heterocycles. The van der Waals surface area contributed by atoms with Gasteiger partial charge in [-0.25, -0.2) is 12.8 Å². The molecule has 2 aromatic rings. The van der Waals surface area contributed by atoms with Gasteiger partial charge in [-0.3, -0.25) is 4.72 Å². The average Bonchev–Trinajstić information content (AvgIpc) is 2.46. The second-order valence-corrected chi connectivity index (χ2v) is 7.71. The molecule has 23 heavy (non-hydrogen) atoms. The summed E-state index contributed by atoms with van der Waals surface area (Å²) in [6, 6.07) is 3.73. The molecule has 0 fully saturated rings. The molecule has 2 rings (SSSR count). The maximum absolute atomic E-state index is 13.2. The fourth-order valence-corrected chi connectivity index (χ4v) is 4.47. The van der Waals surface area contributed by atoms with E-state index in [4.69, 9.17) is 11.6 Å². The topological polar surface area (TPSA) is 46.2 Å². The number of hydrogen-bond donors (Lipinski definition) is 1. The van der Waals surface area contributed by atoms with Gasteiger partial charge in [0.05, 0.1) is 15.6 Å². The Kier molecular flexibility index (Phi) is 4.74. The third kappa shape index (κ3) is 3.21. The maximum Gasteiger partial charge on any atom is 0.262 e. The highest BCUT2D eigenvalue weighted by molar-refractivity contribution is 7.92. The van der Waals surface area contributed by atoms with E-state index >= 15 is 0 Å². The number of anilines is 1. The van der Waals surface area contributed by atoms with E-state index < -0.39 is 15.8 Å². The van der Waals surface area contributed by atoms with Crippen LogP contribution in [-0.2, 0) is 10.0 Å². The number of rotatable bonds is 3. The van der Waals surface area contributed by atoms with Gasteiger partial charge in [-0.05, 0) is 80.6 Å². The first kappa shape index (κ1) is 17.8. The lowest BCUT2D eigenvalue weighted by atomic mass is 9.95. The quantitative estimate of drug-likeness (QED) is 0.857. The van der Waals surface area contributed by atoms with E-state index in [-0.39, 0.29) is 15.6 Å². The van der Waals surface area contributed by atoms with Crippen LogP contribution in [0.15, 0.2) is 23.1 Å². The van der Waals surface area contributed by atoms with E-state index in [2.05, 4.69) is 4.72 Å². The van der Waals surface area contributed by atoms with Crippen LogP contribution in [-0.4, -0.2) is 8.42 Å². The molecule has 0 spiro atoms. The van der Waals surface area contributed by atoms with E-state index in [9.17, 15) is 12.8 Å². The summed E-state index contributed by atoms with van der Waals surface area (Å²) in [5, 5.41) is -0.130. The van der Waals surface area contributed by atoms with Crippen LogP contribution >= 0.6 is 11.6 Å². The minimum atomic E-state index is -3.80. The lowest BCUT2D eigenvalue weighted by Crippen LogP contribution is -2.17. The Bertz CT molecular complexity index is 863. The number of sulfonamides is 1. The first-order valence-electron chi connectivity index (χ1n) is 7.11. The van der Waals surface area contributed by atoms with Gasteiger partial charge in [0.15, 0.2) is 0 Å². The minimum Gasteiger partial charge on any atom is -0.280 e. The molecule has 1 N–H and O–H groups in total. The molecule has 124 valence electrons. The highest BCUT2D eigenvalue weighted by Gasteiger charge is 2.24. The van der Waals surface area contributed by atoms with Crippen LogP contribution in [0.2, 0.25) is 5.02 Å². The first-order chi connectivity index (χ1) is 10.6. The van der Waals surface area contributed by atoms with Crippen molar-refractivity contribution in [1.29, 1.82) is 0 Å². The third-order valence-electron chi connectivity index (χ3n) is 4.37. The molecule has 3 nitrogen and oxygen atoms in total. The Hall–Kier alpha value is -1.59. The Morgan fingerprint density at radius 1 is 0.913 bits per heavy atom. The van der Waals surface area contributed by atoms with Crippen molar-refractivity contribution >= 4 is 27.3 Å². The molecule has 0 saturated carbocycles. The van der Waals surface area contributed by atoms with E-state index in [0.29, 0.717) is 11.1 Å². The zero-order valence-corrected chi connectivity index (χ0v) is 15.3. The third-order valence-corrected chi connectivity index (χ3v) is 6.32. The Labute approximate surface area is 141 Å². The molecule has 0 atom stereocenters. The zero-order chi connectivity index (χ0) is 17.5. The van der Waals surface area contributed by atoms with E-state index in [1.807, 2.05) is 20.8 Å². The molecule has 2 aromatic carbocycles. The Morgan fingerprint density at radius 3 is 1.87 bits per heavy atom. The van der Waals surface area contributed by atoms with Gasteiger partial charge in [-0.2, -0.15) is 0 Å². The predicted molar refractivity (Wildman–Crippen MR) is 92.3 cm³/mol. The number of hydrogen-bond acceptors (Lipinski definition) is 2. The summed E-state index contributed by atoms with van der Waals surface area (Å²) < 4.78 is 41.3. The van der Waals surface area contributed by atoms with Crippen LogP contribution in [0.1, 0.15) is 27.8 Å². The minimum absolute atomic E-state index is 0.130. The van der Waals surface area contributed by atoms with E-state index in [1.54, 1.807) is 13.8 Å². The molecule has 0 unspecified atom stereocenters. The van der Waals surface area contributed by atoms with Crippen molar-refractivity contribution in [3.63, 3.8) is 0 Å². The second-order valence-electron chi connectivity index (χ2n) is 5.69. The van der Waals surface area contributed by atoms with Crippen LogP contribution < -0.4 is 4.72 Å². The molecule has 0 bridgehead atoms. The highest BCUT2D eigenvalue weighted by Crippen LogP contribution is 2.31. The molecule has 0 heterocycles. The lowest BCUT2D eigenvalue weighted by molar-refractivity contribution is 0.599. The van der Waals surface area contributed by atoms with Gasteiger partial charge < -0.3 is 0 Å². The molecule has 0 aliphatic carbocycles. The number of halogens is 2. The van der Waals surface area contributed by atoms with Crippen LogP contribution in [0, 0.1) is 40.4 Å². The van der Waals surface area contributed by atoms with Crippen LogP contribution in [0.5, 0.6) is 0 Å². The van der Waals surface area contributed by atoms with E-state index in [1.165, 1.54) is 12.1 Å². The number of benzene rings is 2. The smallest absolute Gasteiger partial charge is 0.262 e. The van der Waals surface area contributed by atoms with Gasteiger partial charge in [-0.15, -0.1) is 0 Å². The fourth-order valence-electron chi connectivity index (χ4n) is 2.63. The summed E-state index contributed by atoms with van der Waals surface area (Å²) in [7, 11) is -3.80. The Morgan fingerprint density at radius 2 is 1.39 bits per heavy atom. The van der Waals surface area contributed by atoms with Gasteiger partial charge in [-0.1, -0.05) is 11.6 Å². The first-order valence-corrected chi connectivity index (χ1v) is 8.97. The van der Waals surface area contributed by atoms with Crippen molar-refractivity contribution in [2.75, 3.05) is 4.72 Å². The summed E-state index contributed by atoms with van der Waals surface area (Å²) in [6.45, 7) is 9.38. The average molecular weight is 356 g/mol. The summed E-state index contributed by atoms with van der Waals surface area (Å²) in [5.74, 6) is -0.594. The van der Waals surface area contributed by atoms with Gasteiger partial charge in [0.25, 0.3) is 10.0 Å². The zero-order valence-electron chi connectivity index (χ0n) is 13.7. The second kappa shape index (κ2) is 6.13. The monoisotopic (exact) mass is 355 g/mol. The maximum atomic E-state index is 13.2. The van der Waals surface area contributed by atoms with Crippen LogP contribution in [0.4, 0.5) is 10.1 Å². The lowest BCUT2D eigenvalue weighted by Gasteiger charge is -2.19. The van der Waals surface area contributed by atoms with Crippen molar-refractivity contribution in [1.82, 2.24) is 0 Å². The van der Waals surface area contributed by atoms with Crippen LogP contribution in [0.25, 0.3) is 0 Å². The molecule has 6 heteroatoms. The van der Waals surface area contributed by atoms with Crippen molar-refractivity contribution in [3.05, 3.63) is 56.9 Å².